The van der Waals surface area contributed by atoms with Crippen molar-refractivity contribution in [2.24, 2.45) is 0 Å². The third-order valence-electron chi connectivity index (χ3n) is 4.29. The topological polar surface area (TPSA) is 166 Å². The second-order valence-electron chi connectivity index (χ2n) is 12.1. The van der Waals surface area contributed by atoms with Gasteiger partial charge in [-0.3, -0.25) is 14.4 Å². The fraction of sp³-hybridized carbons (Fsp3) is 0.636. The molecular weight excluding hydrogens is 582 g/mol. The minimum atomic E-state index is -3.44. The zero-order valence-corrected chi connectivity index (χ0v) is 26.8. The zero-order valence-electron chi connectivity index (χ0n) is 41.8. The molecule has 0 aliphatic carbocycles. The molecule has 3 N–H and O–H groups in total. The quantitative estimate of drug-likeness (QED) is 0.149. The highest BCUT2D eigenvalue weighted by Gasteiger charge is 2.20. The van der Waals surface area contributed by atoms with Crippen LogP contribution in [0.15, 0.2) is 18.1 Å². The molecule has 3 amide bonds. The second-order valence-corrected chi connectivity index (χ2v) is 12.1. The van der Waals surface area contributed by atoms with Crippen molar-refractivity contribution in [2.75, 3.05) is 19.5 Å². The molecular formula is C33H51N3O9. The van der Waals surface area contributed by atoms with Gasteiger partial charge in [-0.15, -0.1) is 0 Å². The number of benzene rings is 1. The number of carbonyl (C=O) groups is 6. The van der Waals surface area contributed by atoms with Gasteiger partial charge in [-0.05, 0) is 99.6 Å². The van der Waals surface area contributed by atoms with E-state index in [-0.39, 0.29) is 0 Å². The van der Waals surface area contributed by atoms with Crippen LogP contribution in [0.25, 0.3) is 0 Å². The van der Waals surface area contributed by atoms with Gasteiger partial charge in [-0.1, -0.05) is 0 Å². The molecule has 0 bridgehead atoms. The Morgan fingerprint density at radius 1 is 0.533 bits per heavy atom. The lowest BCUT2D eigenvalue weighted by Crippen LogP contribution is -2.33. The highest BCUT2D eigenvalue weighted by atomic mass is 16.6. The smallest absolute Gasteiger partial charge is 0.407 e. The van der Waals surface area contributed by atoms with Crippen molar-refractivity contribution >= 4 is 35.6 Å². The van der Waals surface area contributed by atoms with Gasteiger partial charge in [-0.2, -0.15) is 0 Å². The van der Waals surface area contributed by atoms with Gasteiger partial charge in [0.25, 0.3) is 0 Å². The number of amides is 3. The van der Waals surface area contributed by atoms with Crippen molar-refractivity contribution in [3.05, 3.63) is 34.8 Å². The maximum absolute atomic E-state index is 13.8. The molecule has 0 saturated heterocycles. The summed E-state index contributed by atoms with van der Waals surface area (Å²) in [7, 11) is 0. The van der Waals surface area contributed by atoms with E-state index in [4.69, 9.17) is 34.8 Å². The van der Waals surface area contributed by atoms with Crippen LogP contribution in [-0.2, 0) is 14.2 Å². The van der Waals surface area contributed by atoms with Gasteiger partial charge in [0.15, 0.2) is 17.3 Å². The van der Waals surface area contributed by atoms with Gasteiger partial charge < -0.3 is 30.2 Å². The van der Waals surface area contributed by atoms with E-state index in [1.165, 1.54) is 62.3 Å². The average Bonchev–Trinajstić information content (AvgIpc) is 2.91. The Kier molecular flexibility index (Phi) is 8.15. The molecule has 45 heavy (non-hydrogen) atoms. The van der Waals surface area contributed by atoms with Crippen LogP contribution in [0.4, 0.5) is 14.4 Å². The number of alkyl carbamates (subject to hydrolysis) is 3. The Morgan fingerprint density at radius 3 is 0.956 bits per heavy atom. The number of rotatable bonds is 15. The van der Waals surface area contributed by atoms with Crippen molar-refractivity contribution in [3.8, 4) is 0 Å². The summed E-state index contributed by atoms with van der Waals surface area (Å²) in [5, 5.41) is 4.86. The summed E-state index contributed by atoms with van der Waals surface area (Å²) in [6.45, 7) is 2.38. The van der Waals surface area contributed by atoms with Gasteiger partial charge in [-0.25, -0.2) is 14.4 Å². The Balaban J connectivity index is 4.01. The fourth-order valence-corrected chi connectivity index (χ4v) is 2.72. The third-order valence-corrected chi connectivity index (χ3v) is 4.29. The van der Waals surface area contributed by atoms with Gasteiger partial charge >= 0.3 is 18.3 Å². The van der Waals surface area contributed by atoms with E-state index < -0.39 is 145 Å². The summed E-state index contributed by atoms with van der Waals surface area (Å²) < 4.78 is 140. The van der Waals surface area contributed by atoms with Crippen LogP contribution >= 0.6 is 0 Å². The SMILES string of the molecule is [2H]c1c(C(=O)CC([2H])([2H])C([2H])([2H])NC(=O)OC(C)(C)C)c([2H])c(C(=O)CC([2H])([2H])C([2H])([2H])NC(=O)OC(C)(C)C)c([2H])c1C(=O)CC([2H])([2H])C([2H])([2H])NC(=O)OC(C)(C)C. The van der Waals surface area contributed by atoms with E-state index in [2.05, 4.69) is 0 Å². The third kappa shape index (κ3) is 18.4. The van der Waals surface area contributed by atoms with Crippen molar-refractivity contribution in [1.29, 1.82) is 0 Å². The van der Waals surface area contributed by atoms with Gasteiger partial charge in [0.2, 0.25) is 0 Å². The monoisotopic (exact) mass is 648 g/mol. The molecule has 0 radical (unpaired) electrons. The lowest BCUT2D eigenvalue weighted by atomic mass is 9.94. The van der Waals surface area contributed by atoms with Crippen LogP contribution in [0.3, 0.4) is 0 Å². The first-order valence-corrected chi connectivity index (χ1v) is 13.6. The number of ketones is 3. The molecule has 12 nitrogen and oxygen atoms in total. The fourth-order valence-electron chi connectivity index (χ4n) is 2.72. The first-order chi connectivity index (χ1) is 26.3. The molecule has 0 heterocycles. The first-order valence-electron chi connectivity index (χ1n) is 21.1. The molecule has 0 spiro atoms. The Morgan fingerprint density at radius 2 is 0.756 bits per heavy atom. The molecule has 0 fully saturated rings. The normalized spacial score (nSPS) is 18.5. The van der Waals surface area contributed by atoms with Crippen LogP contribution in [-0.4, -0.2) is 71.9 Å². The Bertz CT molecular complexity index is 1640. The minimum absolute atomic E-state index is 1.19. The summed E-state index contributed by atoms with van der Waals surface area (Å²) in [5.74, 6) is -5.12. The summed E-state index contributed by atoms with van der Waals surface area (Å²) in [4.78, 5) is 78.4. The first kappa shape index (κ1) is 21.0. The number of hydrogen-bond acceptors (Lipinski definition) is 9. The van der Waals surface area contributed by atoms with Crippen LogP contribution in [0.5, 0.6) is 0 Å². The van der Waals surface area contributed by atoms with Gasteiger partial charge in [0.05, 0.1) is 4.11 Å². The summed E-state index contributed by atoms with van der Waals surface area (Å²) in [5.41, 5.74) is -7.64. The molecule has 12 heteroatoms. The maximum atomic E-state index is 13.8. The maximum Gasteiger partial charge on any atom is 0.407 e. The Hall–Kier alpha value is -3.96. The number of ether oxygens (including phenoxy) is 3. The zero-order chi connectivity index (χ0) is 47.8. The van der Waals surface area contributed by atoms with E-state index in [9.17, 15) is 28.8 Å². The van der Waals surface area contributed by atoms with Gasteiger partial charge in [0.1, 0.15) is 16.8 Å². The molecule has 0 atom stereocenters. The minimum Gasteiger partial charge on any atom is -0.444 e. The highest BCUT2D eigenvalue weighted by molar-refractivity contribution is 6.06. The average molecular weight is 649 g/mol. The van der Waals surface area contributed by atoms with Crippen LogP contribution < -0.4 is 16.0 Å². The van der Waals surface area contributed by atoms with Crippen molar-refractivity contribution < 1.29 is 63.5 Å². The molecule has 0 aliphatic rings. The molecule has 1 aromatic rings. The lowest BCUT2D eigenvalue weighted by molar-refractivity contribution is 0.0515. The highest BCUT2D eigenvalue weighted by Crippen LogP contribution is 2.18. The summed E-state index contributed by atoms with van der Waals surface area (Å²) >= 11 is 0. The predicted octanol–water partition coefficient (Wildman–Crippen LogP) is 6.15. The molecule has 0 aromatic heterocycles. The summed E-state index contributed by atoms with van der Waals surface area (Å²) in [6, 6.07) is -4.27. The Labute approximate surface area is 287 Å². The molecule has 1 rings (SSSR count). The number of Topliss-reactive ketones (excluding diaryl/α,β-unsaturated/α-hetero) is 3. The van der Waals surface area contributed by atoms with E-state index in [1.807, 2.05) is 0 Å². The largest absolute Gasteiger partial charge is 0.444 e. The van der Waals surface area contributed by atoms with Crippen LogP contribution in [0.2, 0.25) is 0 Å². The molecule has 252 valence electrons. The van der Waals surface area contributed by atoms with Crippen molar-refractivity contribution in [3.63, 3.8) is 0 Å². The van der Waals surface area contributed by atoms with Crippen LogP contribution in [0, 0.1) is 0 Å². The number of carbonyl (C=O) groups excluding carboxylic acids is 6. The van der Waals surface area contributed by atoms with E-state index >= 15 is 0 Å². The van der Waals surface area contributed by atoms with Crippen LogP contribution in [0.1, 0.15) is 152 Å². The van der Waals surface area contributed by atoms with E-state index in [0.29, 0.717) is 0 Å². The molecule has 1 aromatic carbocycles. The van der Waals surface area contributed by atoms with E-state index in [0.717, 1.165) is 0 Å². The number of hydrogen-bond donors (Lipinski definition) is 3. The van der Waals surface area contributed by atoms with Gasteiger partial charge in [0, 0.05) is 71.9 Å². The standard InChI is InChI=1S/C33H51N3O9/c1-31(2,3)43-28(40)34-16-10-13-25(37)22-19-23(26(38)14-11-17-35-29(41)44-32(4,5)6)21-24(20-22)27(39)15-12-18-36-30(42)45-33(7,8)9/h19-21H,10-18H2,1-9H3,(H,34,40)(H,35,41)(H,36,42)/i10D2,11D2,12D2,16D2,17D2,18D2,19D,20D,21D. The molecule has 0 saturated carbocycles. The lowest BCUT2D eigenvalue weighted by Gasteiger charge is -2.19. The van der Waals surface area contributed by atoms with E-state index in [1.54, 1.807) is 16.0 Å². The number of nitrogens with one attached hydrogen (secondary N) is 3. The summed E-state index contributed by atoms with van der Waals surface area (Å²) in [6.07, 6.45) is -19.7. The molecule has 0 unspecified atom stereocenters. The predicted molar refractivity (Wildman–Crippen MR) is 170 cm³/mol. The van der Waals surface area contributed by atoms with Crippen molar-refractivity contribution in [1.82, 2.24) is 16.0 Å². The van der Waals surface area contributed by atoms with Crippen molar-refractivity contribution in [2.45, 2.75) is 117 Å². The molecule has 0 aliphatic heterocycles. The second kappa shape index (κ2) is 17.5.